The number of aryl methyl sites for hydroxylation is 1. The Kier molecular flexibility index (Phi) is 5.15. The van der Waals surface area contributed by atoms with Crippen LogP contribution in [0.1, 0.15) is 31.0 Å². The fraction of sp³-hybridized carbons (Fsp3) is 0.400. The Bertz CT molecular complexity index is 568. The molecule has 3 nitrogen and oxygen atoms in total. The summed E-state index contributed by atoms with van der Waals surface area (Å²) in [6.07, 6.45) is 4.38. The van der Waals surface area contributed by atoms with Gasteiger partial charge < -0.3 is 5.32 Å². The minimum Gasteiger partial charge on any atom is -0.310 e. The van der Waals surface area contributed by atoms with Crippen LogP contribution in [0.3, 0.4) is 0 Å². The molecule has 108 valence electrons. The molecule has 0 saturated carbocycles. The molecule has 1 heterocycles. The van der Waals surface area contributed by atoms with Crippen molar-refractivity contribution in [3.8, 4) is 0 Å². The summed E-state index contributed by atoms with van der Waals surface area (Å²) in [4.78, 5) is 0. The molecule has 5 heteroatoms. The van der Waals surface area contributed by atoms with Gasteiger partial charge in [0, 0.05) is 24.3 Å². The SMILES string of the molecule is CCNC(Cc1cccc(Cl)c1F)c1cnn(CC)c1. The zero-order valence-electron chi connectivity index (χ0n) is 11.7. The van der Waals surface area contributed by atoms with Crippen molar-refractivity contribution in [1.29, 1.82) is 0 Å². The molecule has 0 aliphatic carbocycles. The van der Waals surface area contributed by atoms with Gasteiger partial charge in [-0.2, -0.15) is 5.10 Å². The number of nitrogens with zero attached hydrogens (tertiary/aromatic N) is 2. The van der Waals surface area contributed by atoms with Gasteiger partial charge in [-0.3, -0.25) is 4.68 Å². The quantitative estimate of drug-likeness (QED) is 0.882. The average molecular weight is 296 g/mol. The van der Waals surface area contributed by atoms with Crippen LogP contribution in [-0.2, 0) is 13.0 Å². The first kappa shape index (κ1) is 15.0. The van der Waals surface area contributed by atoms with E-state index in [2.05, 4.69) is 10.4 Å². The largest absolute Gasteiger partial charge is 0.310 e. The van der Waals surface area contributed by atoms with E-state index in [0.717, 1.165) is 18.7 Å². The molecule has 0 fully saturated rings. The van der Waals surface area contributed by atoms with Gasteiger partial charge in [0.05, 0.1) is 11.2 Å². The normalized spacial score (nSPS) is 12.6. The summed E-state index contributed by atoms with van der Waals surface area (Å²) >= 11 is 5.84. The molecule has 1 unspecified atom stereocenters. The Morgan fingerprint density at radius 2 is 2.20 bits per heavy atom. The summed E-state index contributed by atoms with van der Waals surface area (Å²) < 4.78 is 15.9. The van der Waals surface area contributed by atoms with E-state index in [9.17, 15) is 4.39 Å². The Labute approximate surface area is 123 Å². The maximum Gasteiger partial charge on any atom is 0.145 e. The van der Waals surface area contributed by atoms with Gasteiger partial charge >= 0.3 is 0 Å². The van der Waals surface area contributed by atoms with E-state index in [1.807, 2.05) is 30.9 Å². The second kappa shape index (κ2) is 6.86. The lowest BCUT2D eigenvalue weighted by molar-refractivity contribution is 0.527. The molecule has 0 radical (unpaired) electrons. The maximum absolute atomic E-state index is 14.0. The summed E-state index contributed by atoms with van der Waals surface area (Å²) in [5, 5.41) is 7.81. The summed E-state index contributed by atoms with van der Waals surface area (Å²) in [7, 11) is 0. The van der Waals surface area contributed by atoms with Crippen molar-refractivity contribution in [2.45, 2.75) is 32.9 Å². The Hall–Kier alpha value is -1.39. The van der Waals surface area contributed by atoms with E-state index in [-0.39, 0.29) is 16.9 Å². The summed E-state index contributed by atoms with van der Waals surface area (Å²) in [6.45, 7) is 5.70. The van der Waals surface area contributed by atoms with Gasteiger partial charge in [0.15, 0.2) is 0 Å². The van der Waals surface area contributed by atoms with Crippen molar-refractivity contribution >= 4 is 11.6 Å². The Balaban J connectivity index is 2.23. The lowest BCUT2D eigenvalue weighted by atomic mass is 10.0. The lowest BCUT2D eigenvalue weighted by Crippen LogP contribution is -2.23. The smallest absolute Gasteiger partial charge is 0.145 e. The molecule has 0 aliphatic rings. The monoisotopic (exact) mass is 295 g/mol. The predicted molar refractivity (Wildman–Crippen MR) is 79.4 cm³/mol. The summed E-state index contributed by atoms with van der Waals surface area (Å²) in [5.41, 5.74) is 1.68. The molecule has 0 saturated heterocycles. The second-order valence-corrected chi connectivity index (χ2v) is 5.06. The third-order valence-electron chi connectivity index (χ3n) is 3.29. The highest BCUT2D eigenvalue weighted by Crippen LogP contribution is 2.23. The molecule has 1 N–H and O–H groups in total. The van der Waals surface area contributed by atoms with Gasteiger partial charge in [0.1, 0.15) is 5.82 Å². The van der Waals surface area contributed by atoms with Crippen LogP contribution in [-0.4, -0.2) is 16.3 Å². The number of halogens is 2. The predicted octanol–water partition coefficient (Wildman–Crippen LogP) is 3.59. The van der Waals surface area contributed by atoms with Gasteiger partial charge in [-0.15, -0.1) is 0 Å². The second-order valence-electron chi connectivity index (χ2n) is 4.66. The van der Waals surface area contributed by atoms with Crippen molar-refractivity contribution in [3.05, 3.63) is 52.6 Å². The molecule has 0 aliphatic heterocycles. The van der Waals surface area contributed by atoms with Crippen LogP contribution in [0.25, 0.3) is 0 Å². The topological polar surface area (TPSA) is 29.9 Å². The fourth-order valence-corrected chi connectivity index (χ4v) is 2.41. The van der Waals surface area contributed by atoms with E-state index < -0.39 is 0 Å². The molecule has 1 aromatic heterocycles. The molecule has 2 rings (SSSR count). The van der Waals surface area contributed by atoms with Crippen LogP contribution in [0.5, 0.6) is 0 Å². The summed E-state index contributed by atoms with van der Waals surface area (Å²) in [6, 6.07) is 5.15. The third kappa shape index (κ3) is 3.38. The van der Waals surface area contributed by atoms with Crippen LogP contribution in [0, 0.1) is 5.82 Å². The van der Waals surface area contributed by atoms with Gasteiger partial charge in [-0.1, -0.05) is 30.7 Å². The number of rotatable bonds is 6. The number of benzene rings is 1. The molecule has 0 bridgehead atoms. The standard InChI is InChI=1S/C15H19ClFN3/c1-3-18-14(12-9-19-20(4-2)10-12)8-11-6-5-7-13(16)15(11)17/h5-7,9-10,14,18H,3-4,8H2,1-2H3. The average Bonchev–Trinajstić information content (AvgIpc) is 2.92. The number of aromatic nitrogens is 2. The van der Waals surface area contributed by atoms with E-state index >= 15 is 0 Å². The summed E-state index contributed by atoms with van der Waals surface area (Å²) in [5.74, 6) is -0.333. The van der Waals surface area contributed by atoms with E-state index in [4.69, 9.17) is 11.6 Å². The third-order valence-corrected chi connectivity index (χ3v) is 3.58. The first-order valence-corrected chi connectivity index (χ1v) is 7.22. The van der Waals surface area contributed by atoms with Gasteiger partial charge in [0.25, 0.3) is 0 Å². The van der Waals surface area contributed by atoms with Crippen LogP contribution >= 0.6 is 11.6 Å². The molecule has 1 atom stereocenters. The molecule has 20 heavy (non-hydrogen) atoms. The zero-order valence-corrected chi connectivity index (χ0v) is 12.5. The number of hydrogen-bond acceptors (Lipinski definition) is 2. The van der Waals surface area contributed by atoms with E-state index in [1.54, 1.807) is 18.2 Å². The first-order valence-electron chi connectivity index (χ1n) is 6.84. The van der Waals surface area contributed by atoms with E-state index in [1.165, 1.54) is 0 Å². The van der Waals surface area contributed by atoms with Gasteiger partial charge in [0.2, 0.25) is 0 Å². The van der Waals surface area contributed by atoms with E-state index in [0.29, 0.717) is 12.0 Å². The molecule has 1 aromatic carbocycles. The van der Waals surface area contributed by atoms with Crippen molar-refractivity contribution in [2.75, 3.05) is 6.54 Å². The number of nitrogens with one attached hydrogen (secondary N) is 1. The minimum atomic E-state index is -0.333. The molecule has 2 aromatic rings. The van der Waals surface area contributed by atoms with Crippen molar-refractivity contribution < 1.29 is 4.39 Å². The molecular weight excluding hydrogens is 277 g/mol. The molecular formula is C15H19ClFN3. The lowest BCUT2D eigenvalue weighted by Gasteiger charge is -2.17. The highest BCUT2D eigenvalue weighted by molar-refractivity contribution is 6.30. The van der Waals surface area contributed by atoms with Gasteiger partial charge in [-0.05, 0) is 31.5 Å². The highest BCUT2D eigenvalue weighted by Gasteiger charge is 2.16. The van der Waals surface area contributed by atoms with Crippen LogP contribution in [0.2, 0.25) is 5.02 Å². The van der Waals surface area contributed by atoms with Gasteiger partial charge in [-0.25, -0.2) is 4.39 Å². The maximum atomic E-state index is 14.0. The highest BCUT2D eigenvalue weighted by atomic mass is 35.5. The number of likely N-dealkylation sites (N-methyl/N-ethyl adjacent to an activating group) is 1. The van der Waals surface area contributed by atoms with Crippen molar-refractivity contribution in [2.24, 2.45) is 0 Å². The van der Waals surface area contributed by atoms with Crippen molar-refractivity contribution in [1.82, 2.24) is 15.1 Å². The first-order chi connectivity index (χ1) is 9.65. The van der Waals surface area contributed by atoms with Crippen molar-refractivity contribution in [3.63, 3.8) is 0 Å². The minimum absolute atomic E-state index is 0.0354. The van der Waals surface area contributed by atoms with Crippen LogP contribution in [0.4, 0.5) is 4.39 Å². The molecule has 0 spiro atoms. The fourth-order valence-electron chi connectivity index (χ4n) is 2.21. The van der Waals surface area contributed by atoms with Crippen LogP contribution < -0.4 is 5.32 Å². The van der Waals surface area contributed by atoms with Crippen LogP contribution in [0.15, 0.2) is 30.6 Å². The Morgan fingerprint density at radius 3 is 2.85 bits per heavy atom. The zero-order chi connectivity index (χ0) is 14.5. The number of hydrogen-bond donors (Lipinski definition) is 1. The Morgan fingerprint density at radius 1 is 1.40 bits per heavy atom. The molecule has 0 amide bonds.